The Kier molecular flexibility index (Phi) is 6.00. The number of amides is 1. The van der Waals surface area contributed by atoms with Gasteiger partial charge in [0.05, 0.1) is 11.5 Å². The van der Waals surface area contributed by atoms with E-state index in [1.54, 1.807) is 0 Å². The van der Waals surface area contributed by atoms with Gasteiger partial charge in [-0.25, -0.2) is 8.42 Å². The maximum Gasteiger partial charge on any atom is 0.234 e. The van der Waals surface area contributed by atoms with Crippen LogP contribution in [0, 0.1) is 5.41 Å². The molecule has 7 nitrogen and oxygen atoms in total. The quantitative estimate of drug-likeness (QED) is 0.275. The Morgan fingerprint density at radius 1 is 1.38 bits per heavy atom. The van der Waals surface area contributed by atoms with Gasteiger partial charge in [-0.1, -0.05) is 31.8 Å². The largest absolute Gasteiger partial charge is 0.409 e. The van der Waals surface area contributed by atoms with Gasteiger partial charge in [-0.15, -0.1) is 0 Å². The van der Waals surface area contributed by atoms with Crippen molar-refractivity contribution in [2.24, 2.45) is 16.3 Å². The van der Waals surface area contributed by atoms with Crippen molar-refractivity contribution in [2.45, 2.75) is 52.0 Å². The second-order valence-electron chi connectivity index (χ2n) is 5.64. The zero-order chi connectivity index (χ0) is 16.1. The minimum Gasteiger partial charge on any atom is -0.409 e. The zero-order valence-electron chi connectivity index (χ0n) is 12.6. The molecule has 1 fully saturated rings. The fourth-order valence-corrected chi connectivity index (χ4v) is 4.58. The van der Waals surface area contributed by atoms with E-state index in [0.29, 0.717) is 32.1 Å². The highest BCUT2D eigenvalue weighted by Crippen LogP contribution is 2.31. The van der Waals surface area contributed by atoms with Gasteiger partial charge in [0.15, 0.2) is 15.7 Å². The zero-order valence-corrected chi connectivity index (χ0v) is 13.4. The third-order valence-corrected chi connectivity index (χ3v) is 5.72. The summed E-state index contributed by atoms with van der Waals surface area (Å²) in [6.07, 6.45) is 2.74. The van der Waals surface area contributed by atoms with Crippen molar-refractivity contribution >= 4 is 21.6 Å². The Morgan fingerprint density at radius 2 is 1.95 bits per heavy atom. The number of hydrogen-bond acceptors (Lipinski definition) is 5. The average Bonchev–Trinajstić information content (AvgIpc) is 2.76. The van der Waals surface area contributed by atoms with Gasteiger partial charge < -0.3 is 16.3 Å². The number of amidine groups is 1. The van der Waals surface area contributed by atoms with E-state index >= 15 is 0 Å². The number of carbonyl (C=O) groups is 1. The summed E-state index contributed by atoms with van der Waals surface area (Å²) in [6, 6.07) is -0.387. The number of nitrogens with zero attached hydrogens (tertiary/aromatic N) is 1. The van der Waals surface area contributed by atoms with E-state index in [1.807, 2.05) is 13.8 Å². The van der Waals surface area contributed by atoms with Crippen molar-refractivity contribution in [3.8, 4) is 0 Å². The third-order valence-electron chi connectivity index (χ3n) is 3.95. The first-order chi connectivity index (χ1) is 9.81. The predicted molar refractivity (Wildman–Crippen MR) is 80.9 cm³/mol. The summed E-state index contributed by atoms with van der Waals surface area (Å²) in [5, 5.41) is 14.8. The van der Waals surface area contributed by atoms with Crippen molar-refractivity contribution in [1.82, 2.24) is 5.32 Å². The lowest BCUT2D eigenvalue weighted by atomic mass is 9.77. The molecular formula is C13H25N3O4S. The first-order valence-electron chi connectivity index (χ1n) is 7.30. The maximum atomic E-state index is 12.6. The van der Waals surface area contributed by atoms with Gasteiger partial charge >= 0.3 is 0 Å². The van der Waals surface area contributed by atoms with Crippen LogP contribution in [0.2, 0.25) is 0 Å². The summed E-state index contributed by atoms with van der Waals surface area (Å²) < 4.78 is 22.9. The highest BCUT2D eigenvalue weighted by atomic mass is 32.2. The highest BCUT2D eigenvalue weighted by Gasteiger charge is 2.43. The molecule has 1 atom stereocenters. The minimum atomic E-state index is -3.06. The van der Waals surface area contributed by atoms with E-state index in [4.69, 9.17) is 10.9 Å². The molecule has 1 aliphatic heterocycles. The number of rotatable bonds is 7. The van der Waals surface area contributed by atoms with E-state index in [2.05, 4.69) is 10.5 Å². The first kappa shape index (κ1) is 17.7. The van der Waals surface area contributed by atoms with Crippen molar-refractivity contribution in [3.63, 3.8) is 0 Å². The molecule has 1 saturated heterocycles. The molecule has 0 saturated carbocycles. The fraction of sp³-hybridized carbons (Fsp3) is 0.846. The molecule has 0 aromatic rings. The summed E-state index contributed by atoms with van der Waals surface area (Å²) in [4.78, 5) is 12.6. The summed E-state index contributed by atoms with van der Waals surface area (Å²) in [7, 11) is -3.06. The van der Waals surface area contributed by atoms with E-state index < -0.39 is 15.3 Å². The van der Waals surface area contributed by atoms with Gasteiger partial charge in [-0.3, -0.25) is 4.79 Å². The lowest BCUT2D eigenvalue weighted by Crippen LogP contribution is -2.52. The topological polar surface area (TPSA) is 122 Å². The van der Waals surface area contributed by atoms with Crippen LogP contribution in [0.1, 0.15) is 46.0 Å². The van der Waals surface area contributed by atoms with Crippen molar-refractivity contribution in [3.05, 3.63) is 0 Å². The maximum absolute atomic E-state index is 12.6. The fourth-order valence-electron chi connectivity index (χ4n) is 2.91. The monoisotopic (exact) mass is 319 g/mol. The van der Waals surface area contributed by atoms with Gasteiger partial charge in [0.2, 0.25) is 5.91 Å². The molecule has 0 aliphatic carbocycles. The van der Waals surface area contributed by atoms with E-state index in [0.717, 1.165) is 0 Å². The molecule has 8 heteroatoms. The molecule has 122 valence electrons. The van der Waals surface area contributed by atoms with E-state index in [9.17, 15) is 13.2 Å². The molecule has 1 unspecified atom stereocenters. The van der Waals surface area contributed by atoms with Crippen LogP contribution in [0.25, 0.3) is 0 Å². The molecule has 1 rings (SSSR count). The van der Waals surface area contributed by atoms with Crippen molar-refractivity contribution in [1.29, 1.82) is 0 Å². The van der Waals surface area contributed by atoms with Crippen LogP contribution in [0.15, 0.2) is 5.16 Å². The summed E-state index contributed by atoms with van der Waals surface area (Å²) >= 11 is 0. The van der Waals surface area contributed by atoms with Gasteiger partial charge in [-0.2, -0.15) is 0 Å². The van der Waals surface area contributed by atoms with Crippen molar-refractivity contribution < 1.29 is 18.4 Å². The van der Waals surface area contributed by atoms with Crippen molar-refractivity contribution in [2.75, 3.05) is 11.5 Å². The van der Waals surface area contributed by atoms with Gasteiger partial charge in [-0.05, 0) is 19.3 Å². The average molecular weight is 319 g/mol. The van der Waals surface area contributed by atoms with Crippen LogP contribution >= 0.6 is 0 Å². The van der Waals surface area contributed by atoms with Gasteiger partial charge in [0, 0.05) is 6.04 Å². The summed E-state index contributed by atoms with van der Waals surface area (Å²) in [5.74, 6) is -0.396. The Morgan fingerprint density at radius 3 is 2.33 bits per heavy atom. The minimum absolute atomic E-state index is 0.0384. The Labute approximate surface area is 125 Å². The Hall–Kier alpha value is -1.31. The predicted octanol–water partition coefficient (Wildman–Crippen LogP) is 0.623. The molecule has 1 aliphatic rings. The second-order valence-corrected chi connectivity index (χ2v) is 7.87. The van der Waals surface area contributed by atoms with Gasteiger partial charge in [0.1, 0.15) is 5.41 Å². The number of nitrogens with two attached hydrogens (primary N) is 1. The molecule has 0 bridgehead atoms. The summed E-state index contributed by atoms with van der Waals surface area (Å²) in [5.41, 5.74) is 4.71. The molecule has 1 amide bonds. The summed E-state index contributed by atoms with van der Waals surface area (Å²) in [6.45, 7) is 3.84. The molecule has 0 radical (unpaired) electrons. The normalized spacial score (nSPS) is 22.2. The van der Waals surface area contributed by atoms with Crippen LogP contribution in [-0.4, -0.2) is 42.9 Å². The van der Waals surface area contributed by atoms with E-state index in [1.165, 1.54) is 0 Å². The molecular weight excluding hydrogens is 294 g/mol. The molecule has 0 aromatic carbocycles. The highest BCUT2D eigenvalue weighted by molar-refractivity contribution is 7.91. The lowest BCUT2D eigenvalue weighted by Gasteiger charge is -2.31. The standard InChI is InChI=1S/C13H25N3O4S/c1-3-6-13(7-4-2,11(14)16-18)12(17)15-10-5-8-21(19,20)9-10/h10,18H,3-9H2,1-2H3,(H2,14,16)(H,15,17). The number of carbonyl (C=O) groups excluding carboxylic acids is 1. The van der Waals surface area contributed by atoms with Crippen LogP contribution < -0.4 is 11.1 Å². The van der Waals surface area contributed by atoms with Crippen LogP contribution in [0.3, 0.4) is 0 Å². The third kappa shape index (κ3) is 4.09. The van der Waals surface area contributed by atoms with Gasteiger partial charge in [0.25, 0.3) is 0 Å². The number of sulfone groups is 1. The Balaban J connectivity index is 2.94. The molecule has 1 heterocycles. The first-order valence-corrected chi connectivity index (χ1v) is 9.12. The second kappa shape index (κ2) is 7.11. The van der Waals surface area contributed by atoms with Crippen LogP contribution in [-0.2, 0) is 14.6 Å². The smallest absolute Gasteiger partial charge is 0.234 e. The molecule has 0 aromatic heterocycles. The molecule has 21 heavy (non-hydrogen) atoms. The number of hydrogen-bond donors (Lipinski definition) is 3. The Bertz CT molecular complexity index is 496. The van der Waals surface area contributed by atoms with E-state index in [-0.39, 0.29) is 29.3 Å². The number of nitrogens with one attached hydrogen (secondary N) is 1. The number of oxime groups is 1. The van der Waals surface area contributed by atoms with Crippen LogP contribution in [0.4, 0.5) is 0 Å². The lowest BCUT2D eigenvalue weighted by molar-refractivity contribution is -0.129. The van der Waals surface area contributed by atoms with Crippen LogP contribution in [0.5, 0.6) is 0 Å². The molecule has 4 N–H and O–H groups in total. The SMILES string of the molecule is CCCC(CCC)(C(=O)NC1CCS(=O)(=O)C1)C(N)=NO. The molecule has 0 spiro atoms.